The summed E-state index contributed by atoms with van der Waals surface area (Å²) in [4.78, 5) is 22.9. The highest BCUT2D eigenvalue weighted by Crippen LogP contribution is 2.26. The first-order valence-electron chi connectivity index (χ1n) is 9.52. The van der Waals surface area contributed by atoms with Crippen LogP contribution in [0.5, 0.6) is 0 Å². The monoisotopic (exact) mass is 361 g/mol. The summed E-state index contributed by atoms with van der Waals surface area (Å²) < 4.78 is 13.7. The maximum Gasteiger partial charge on any atom is 0.225 e. The molecule has 2 N–H and O–H groups in total. The van der Waals surface area contributed by atoms with Gasteiger partial charge in [0.15, 0.2) is 5.96 Å². The molecule has 142 valence electrons. The Bertz CT molecular complexity index is 645. The van der Waals surface area contributed by atoms with Gasteiger partial charge in [0.05, 0.1) is 12.2 Å². The first-order valence-corrected chi connectivity index (χ1v) is 9.52. The number of halogens is 1. The molecule has 1 aromatic rings. The first-order chi connectivity index (χ1) is 12.7. The van der Waals surface area contributed by atoms with E-state index in [0.29, 0.717) is 24.1 Å². The summed E-state index contributed by atoms with van der Waals surface area (Å²) in [7, 11) is 1.68. The van der Waals surface area contributed by atoms with Gasteiger partial charge in [-0.15, -0.1) is 0 Å². The van der Waals surface area contributed by atoms with E-state index in [1.165, 1.54) is 25.3 Å². The molecule has 6 nitrogen and oxygen atoms in total. The van der Waals surface area contributed by atoms with E-state index in [9.17, 15) is 9.18 Å². The van der Waals surface area contributed by atoms with E-state index in [-0.39, 0.29) is 24.3 Å². The number of hydrogen-bond acceptors (Lipinski definition) is 3. The van der Waals surface area contributed by atoms with Gasteiger partial charge in [-0.25, -0.2) is 4.39 Å². The molecular formula is C19H28FN5O. The van der Waals surface area contributed by atoms with Gasteiger partial charge in [0.1, 0.15) is 5.82 Å². The molecule has 1 aliphatic carbocycles. The van der Waals surface area contributed by atoms with Gasteiger partial charge < -0.3 is 15.5 Å². The third kappa shape index (κ3) is 4.71. The van der Waals surface area contributed by atoms with Crippen molar-refractivity contribution in [3.05, 3.63) is 29.8 Å². The number of nitrogens with one attached hydrogen (secondary N) is 2. The van der Waals surface area contributed by atoms with Crippen LogP contribution in [0.4, 0.5) is 4.39 Å². The number of aromatic nitrogens is 1. The predicted octanol–water partition coefficient (Wildman–Crippen LogP) is 2.07. The van der Waals surface area contributed by atoms with Crippen molar-refractivity contribution in [3.63, 3.8) is 0 Å². The van der Waals surface area contributed by atoms with Crippen LogP contribution in [0.25, 0.3) is 0 Å². The molecule has 1 unspecified atom stereocenters. The average Bonchev–Trinajstić information content (AvgIpc) is 3.15. The van der Waals surface area contributed by atoms with E-state index in [0.717, 1.165) is 25.8 Å². The Morgan fingerprint density at radius 3 is 2.88 bits per heavy atom. The zero-order valence-electron chi connectivity index (χ0n) is 15.4. The Balaban J connectivity index is 1.47. The van der Waals surface area contributed by atoms with Crippen LogP contribution in [-0.4, -0.2) is 47.9 Å². The molecule has 2 heterocycles. The number of pyridine rings is 1. The van der Waals surface area contributed by atoms with Gasteiger partial charge in [-0.1, -0.05) is 19.3 Å². The molecule has 2 fully saturated rings. The summed E-state index contributed by atoms with van der Waals surface area (Å²) in [6.07, 6.45) is 8.14. The third-order valence-electron chi connectivity index (χ3n) is 5.28. The number of likely N-dealkylation sites (tertiary alicyclic amines) is 1. The molecule has 1 aliphatic heterocycles. The van der Waals surface area contributed by atoms with Gasteiger partial charge in [-0.05, 0) is 31.4 Å². The fourth-order valence-electron chi connectivity index (χ4n) is 3.79. The van der Waals surface area contributed by atoms with E-state index in [4.69, 9.17) is 0 Å². The standard InChI is InChI=1S/C19H28FN5O/c1-21-19(23-12-17-16(20)8-5-10-22-17)24-15-9-11-25(13-15)18(26)14-6-3-2-4-7-14/h5,8,10,14-15H,2-4,6-7,9,11-13H2,1H3,(H2,21,23,24). The number of rotatable bonds is 4. The number of aliphatic imine (C=N–C) groups is 1. The van der Waals surface area contributed by atoms with E-state index < -0.39 is 0 Å². The van der Waals surface area contributed by atoms with E-state index in [1.54, 1.807) is 19.3 Å². The maximum atomic E-state index is 13.7. The highest BCUT2D eigenvalue weighted by molar-refractivity contribution is 5.81. The minimum atomic E-state index is -0.333. The van der Waals surface area contributed by atoms with E-state index in [2.05, 4.69) is 20.6 Å². The van der Waals surface area contributed by atoms with Gasteiger partial charge in [-0.2, -0.15) is 0 Å². The van der Waals surface area contributed by atoms with Crippen LogP contribution >= 0.6 is 0 Å². The summed E-state index contributed by atoms with van der Waals surface area (Å²) in [5.74, 6) is 0.798. The second-order valence-corrected chi connectivity index (χ2v) is 7.11. The number of carbonyl (C=O) groups is 1. The van der Waals surface area contributed by atoms with Gasteiger partial charge in [0.25, 0.3) is 0 Å². The zero-order valence-corrected chi connectivity index (χ0v) is 15.4. The second-order valence-electron chi connectivity index (χ2n) is 7.11. The molecule has 0 aromatic carbocycles. The van der Waals surface area contributed by atoms with Gasteiger partial charge in [0, 0.05) is 38.3 Å². The van der Waals surface area contributed by atoms with Gasteiger partial charge in [0.2, 0.25) is 5.91 Å². The molecule has 0 spiro atoms. The molecular weight excluding hydrogens is 333 g/mol. The number of guanidine groups is 1. The molecule has 1 saturated carbocycles. The minimum absolute atomic E-state index is 0.169. The molecule has 0 radical (unpaired) electrons. The van der Waals surface area contributed by atoms with Crippen molar-refractivity contribution in [2.75, 3.05) is 20.1 Å². The summed E-state index contributed by atoms with van der Waals surface area (Å²) in [5, 5.41) is 6.43. The predicted molar refractivity (Wildman–Crippen MR) is 99.1 cm³/mol. The summed E-state index contributed by atoms with van der Waals surface area (Å²) in [6, 6.07) is 3.14. The molecule has 1 atom stereocenters. The quantitative estimate of drug-likeness (QED) is 0.636. The van der Waals surface area contributed by atoms with Crippen molar-refractivity contribution in [2.45, 2.75) is 51.1 Å². The minimum Gasteiger partial charge on any atom is -0.352 e. The van der Waals surface area contributed by atoms with E-state index in [1.807, 2.05) is 4.90 Å². The molecule has 0 bridgehead atoms. The van der Waals surface area contributed by atoms with Crippen molar-refractivity contribution >= 4 is 11.9 Å². The van der Waals surface area contributed by atoms with Gasteiger partial charge >= 0.3 is 0 Å². The normalized spacial score (nSPS) is 21.7. The van der Waals surface area contributed by atoms with Crippen LogP contribution in [0.15, 0.2) is 23.3 Å². The second kappa shape index (κ2) is 8.96. The van der Waals surface area contributed by atoms with Crippen LogP contribution in [-0.2, 0) is 11.3 Å². The van der Waals surface area contributed by atoms with Crippen LogP contribution in [0.3, 0.4) is 0 Å². The fourth-order valence-corrected chi connectivity index (χ4v) is 3.79. The van der Waals surface area contributed by atoms with E-state index >= 15 is 0 Å². The van der Waals surface area contributed by atoms with Crippen molar-refractivity contribution in [1.29, 1.82) is 0 Å². The number of carbonyl (C=O) groups excluding carboxylic acids is 1. The van der Waals surface area contributed by atoms with Crippen LogP contribution in [0.1, 0.15) is 44.2 Å². The Morgan fingerprint density at radius 1 is 1.35 bits per heavy atom. The van der Waals surface area contributed by atoms with Crippen molar-refractivity contribution in [3.8, 4) is 0 Å². The zero-order chi connectivity index (χ0) is 18.4. The lowest BCUT2D eigenvalue weighted by Crippen LogP contribution is -2.45. The lowest BCUT2D eigenvalue weighted by atomic mass is 9.88. The van der Waals surface area contributed by atoms with Gasteiger partial charge in [-0.3, -0.25) is 14.8 Å². The van der Waals surface area contributed by atoms with Crippen molar-refractivity contribution in [2.24, 2.45) is 10.9 Å². The SMILES string of the molecule is CN=C(NCc1ncccc1F)NC1CCN(C(=O)C2CCCCC2)C1. The smallest absolute Gasteiger partial charge is 0.225 e. The number of hydrogen-bond donors (Lipinski definition) is 2. The lowest BCUT2D eigenvalue weighted by molar-refractivity contribution is -0.135. The highest BCUT2D eigenvalue weighted by Gasteiger charge is 2.31. The molecule has 3 rings (SSSR count). The molecule has 1 aromatic heterocycles. The maximum absolute atomic E-state index is 13.7. The Labute approximate surface area is 154 Å². The van der Waals surface area contributed by atoms with Crippen molar-refractivity contribution in [1.82, 2.24) is 20.5 Å². The first kappa shape index (κ1) is 18.6. The molecule has 2 aliphatic rings. The molecule has 26 heavy (non-hydrogen) atoms. The third-order valence-corrected chi connectivity index (χ3v) is 5.28. The summed E-state index contributed by atoms with van der Waals surface area (Å²) in [5.41, 5.74) is 0.357. The Hall–Kier alpha value is -2.18. The summed E-state index contributed by atoms with van der Waals surface area (Å²) >= 11 is 0. The highest BCUT2D eigenvalue weighted by atomic mass is 19.1. The molecule has 1 amide bonds. The van der Waals surface area contributed by atoms with Crippen molar-refractivity contribution < 1.29 is 9.18 Å². The largest absolute Gasteiger partial charge is 0.352 e. The number of nitrogens with zero attached hydrogens (tertiary/aromatic N) is 3. The molecule has 7 heteroatoms. The fraction of sp³-hybridized carbons (Fsp3) is 0.632. The topological polar surface area (TPSA) is 69.6 Å². The van der Waals surface area contributed by atoms with Crippen LogP contribution < -0.4 is 10.6 Å². The summed E-state index contributed by atoms with van der Waals surface area (Å²) in [6.45, 7) is 1.76. The average molecular weight is 361 g/mol. The number of amides is 1. The molecule has 1 saturated heterocycles. The lowest BCUT2D eigenvalue weighted by Gasteiger charge is -2.26. The Kier molecular flexibility index (Phi) is 6.41. The van der Waals surface area contributed by atoms with Crippen LogP contribution in [0.2, 0.25) is 0 Å². The Morgan fingerprint density at radius 2 is 2.15 bits per heavy atom. The van der Waals surface area contributed by atoms with Crippen LogP contribution in [0, 0.1) is 11.7 Å².